The fraction of sp³-hybridized carbons (Fsp3) is 0.273. The molecule has 30 heavy (non-hydrogen) atoms. The van der Waals surface area contributed by atoms with Gasteiger partial charge >= 0.3 is 0 Å². The van der Waals surface area contributed by atoms with E-state index in [2.05, 4.69) is 21.9 Å². The number of carbonyl (C=O) groups excluding carboxylic acids is 1. The van der Waals surface area contributed by atoms with Gasteiger partial charge in [0.05, 0.1) is 11.7 Å². The van der Waals surface area contributed by atoms with Crippen LogP contribution in [0.15, 0.2) is 60.0 Å². The van der Waals surface area contributed by atoms with E-state index < -0.39 is 11.3 Å². The van der Waals surface area contributed by atoms with Gasteiger partial charge < -0.3 is 14.6 Å². The molecule has 1 amide bonds. The predicted molar refractivity (Wildman–Crippen MR) is 120 cm³/mol. The Labute approximate surface area is 183 Å². The van der Waals surface area contributed by atoms with Crippen molar-refractivity contribution in [3.63, 3.8) is 0 Å². The van der Waals surface area contributed by atoms with E-state index in [-0.39, 0.29) is 11.9 Å². The summed E-state index contributed by atoms with van der Waals surface area (Å²) in [7, 11) is 0. The second-order valence-corrected chi connectivity index (χ2v) is 8.44. The quantitative estimate of drug-likeness (QED) is 0.465. The number of hydrogen-bond acceptors (Lipinski definition) is 5. The predicted octanol–water partition coefficient (Wildman–Crippen LogP) is 3.94. The largest absolute Gasteiger partial charge is 0.755 e. The molecule has 0 saturated carbocycles. The molecule has 3 rings (SSSR count). The summed E-state index contributed by atoms with van der Waals surface area (Å²) in [6, 6.07) is 16.8. The molecule has 0 bridgehead atoms. The summed E-state index contributed by atoms with van der Waals surface area (Å²) in [5.74, 6) is -0.0165. The third-order valence-corrected chi connectivity index (χ3v) is 6.05. The van der Waals surface area contributed by atoms with Gasteiger partial charge in [-0.15, -0.1) is 11.3 Å². The molecule has 2 N–H and O–H groups in total. The Bertz CT molecular complexity index is 975. The summed E-state index contributed by atoms with van der Waals surface area (Å²) >= 11 is -0.804. The summed E-state index contributed by atoms with van der Waals surface area (Å²) in [5, 5.41) is 6.03. The molecule has 0 aliphatic rings. The molecule has 0 spiro atoms. The first-order chi connectivity index (χ1) is 14.5. The maximum Gasteiger partial charge on any atom is 0.220 e. The highest BCUT2D eigenvalue weighted by Gasteiger charge is 2.19. The van der Waals surface area contributed by atoms with Gasteiger partial charge in [-0.05, 0) is 42.5 Å². The van der Waals surface area contributed by atoms with E-state index in [1.165, 1.54) is 0 Å². The third-order valence-electron chi connectivity index (χ3n) is 4.64. The van der Waals surface area contributed by atoms with Gasteiger partial charge in [-0.1, -0.05) is 49.4 Å². The number of aromatic nitrogens is 1. The van der Waals surface area contributed by atoms with Crippen LogP contribution in [0.3, 0.4) is 0 Å². The molecule has 1 heterocycles. The minimum atomic E-state index is -2.35. The highest BCUT2D eigenvalue weighted by molar-refractivity contribution is 7.80. The standard InChI is InChI=1S/C22H25N3O3S2/c1-2-18-15-29-22(23-18)20(14-17-8-11-19(12-9-17)25-30(27)28)24-21(26)13-10-16-6-4-3-5-7-16/h3-9,11-12,15,20,25H,2,10,13-14H2,1H3,(H,24,26)(H,27,28)/p-1/t20-/m0/s1. The Kier molecular flexibility index (Phi) is 8.12. The lowest BCUT2D eigenvalue weighted by atomic mass is 10.0. The lowest BCUT2D eigenvalue weighted by molar-refractivity contribution is -0.121. The Morgan fingerprint density at radius 1 is 1.13 bits per heavy atom. The molecule has 3 aromatic rings. The molecule has 8 heteroatoms. The van der Waals surface area contributed by atoms with E-state index in [9.17, 15) is 13.6 Å². The van der Waals surface area contributed by atoms with Crippen molar-refractivity contribution < 1.29 is 13.6 Å². The number of rotatable bonds is 10. The maximum absolute atomic E-state index is 12.6. The smallest absolute Gasteiger partial charge is 0.220 e. The second-order valence-electron chi connectivity index (χ2n) is 6.87. The highest BCUT2D eigenvalue weighted by atomic mass is 32.2. The van der Waals surface area contributed by atoms with Crippen LogP contribution in [0.25, 0.3) is 0 Å². The van der Waals surface area contributed by atoms with E-state index in [0.29, 0.717) is 24.9 Å². The normalized spacial score (nSPS) is 12.9. The molecular formula is C22H24N3O3S2-. The van der Waals surface area contributed by atoms with E-state index in [1.807, 2.05) is 47.8 Å². The summed E-state index contributed by atoms with van der Waals surface area (Å²) in [6.45, 7) is 2.05. The van der Waals surface area contributed by atoms with Crippen molar-refractivity contribution >= 4 is 34.2 Å². The molecule has 0 aliphatic carbocycles. The van der Waals surface area contributed by atoms with Crippen molar-refractivity contribution in [2.75, 3.05) is 4.72 Å². The van der Waals surface area contributed by atoms with Crippen molar-refractivity contribution in [2.45, 2.75) is 38.6 Å². The van der Waals surface area contributed by atoms with Crippen molar-refractivity contribution in [2.24, 2.45) is 0 Å². The third kappa shape index (κ3) is 6.76. The average Bonchev–Trinajstić information content (AvgIpc) is 3.23. The van der Waals surface area contributed by atoms with Gasteiger partial charge in [-0.3, -0.25) is 9.00 Å². The SMILES string of the molecule is CCc1csc([C@H](Cc2ccc(NS(=O)[O-])cc2)NC(=O)CCc2ccccc2)n1. The second kappa shape index (κ2) is 11.0. The van der Waals surface area contributed by atoms with Crippen LogP contribution in [0.2, 0.25) is 0 Å². The Morgan fingerprint density at radius 3 is 2.50 bits per heavy atom. The zero-order valence-electron chi connectivity index (χ0n) is 16.7. The van der Waals surface area contributed by atoms with Crippen LogP contribution < -0.4 is 10.0 Å². The Morgan fingerprint density at radius 2 is 1.87 bits per heavy atom. The van der Waals surface area contributed by atoms with Crippen LogP contribution in [0.4, 0.5) is 5.69 Å². The molecule has 0 radical (unpaired) electrons. The highest BCUT2D eigenvalue weighted by Crippen LogP contribution is 2.24. The number of aryl methyl sites for hydroxylation is 2. The van der Waals surface area contributed by atoms with Crippen LogP contribution in [-0.2, 0) is 35.3 Å². The molecule has 0 saturated heterocycles. The number of anilines is 1. The number of nitrogens with one attached hydrogen (secondary N) is 2. The maximum atomic E-state index is 12.6. The van der Waals surface area contributed by atoms with Gasteiger partial charge in [0.15, 0.2) is 0 Å². The number of thiazole rings is 1. The van der Waals surface area contributed by atoms with Crippen LogP contribution in [0, 0.1) is 0 Å². The van der Waals surface area contributed by atoms with E-state index in [4.69, 9.17) is 0 Å². The molecular weight excluding hydrogens is 418 g/mol. The van der Waals surface area contributed by atoms with Crippen LogP contribution in [0.5, 0.6) is 0 Å². The van der Waals surface area contributed by atoms with Gasteiger partial charge in [0.1, 0.15) is 5.01 Å². The number of carbonyl (C=O) groups is 1. The number of nitrogens with zero attached hydrogens (tertiary/aromatic N) is 1. The fourth-order valence-electron chi connectivity index (χ4n) is 3.05. The molecule has 158 valence electrons. The average molecular weight is 443 g/mol. The summed E-state index contributed by atoms with van der Waals surface area (Å²) in [4.78, 5) is 17.3. The number of benzene rings is 2. The molecule has 0 fully saturated rings. The summed E-state index contributed by atoms with van der Waals surface area (Å²) in [6.07, 6.45) is 2.52. The van der Waals surface area contributed by atoms with Crippen LogP contribution in [-0.4, -0.2) is 19.7 Å². The van der Waals surface area contributed by atoms with E-state index in [0.717, 1.165) is 28.2 Å². The Balaban J connectivity index is 1.68. The van der Waals surface area contributed by atoms with Gasteiger partial charge in [-0.2, -0.15) is 0 Å². The zero-order chi connectivity index (χ0) is 21.3. The molecule has 1 unspecified atom stereocenters. The number of amides is 1. The van der Waals surface area contributed by atoms with E-state index >= 15 is 0 Å². The van der Waals surface area contributed by atoms with Gasteiger partial charge in [0, 0.05) is 28.8 Å². The van der Waals surface area contributed by atoms with Crippen LogP contribution in [0.1, 0.15) is 41.2 Å². The first-order valence-corrected chi connectivity index (χ1v) is 11.7. The van der Waals surface area contributed by atoms with Crippen molar-refractivity contribution in [3.8, 4) is 0 Å². The first kappa shape index (κ1) is 22.1. The topological polar surface area (TPSA) is 94.1 Å². The zero-order valence-corrected chi connectivity index (χ0v) is 18.3. The lowest BCUT2D eigenvalue weighted by Gasteiger charge is -2.17. The molecule has 6 nitrogen and oxygen atoms in total. The van der Waals surface area contributed by atoms with Crippen molar-refractivity contribution in [1.82, 2.24) is 10.3 Å². The summed E-state index contributed by atoms with van der Waals surface area (Å²) < 4.78 is 23.9. The lowest BCUT2D eigenvalue weighted by Crippen LogP contribution is -2.30. The van der Waals surface area contributed by atoms with Crippen LogP contribution >= 0.6 is 11.3 Å². The van der Waals surface area contributed by atoms with Crippen molar-refractivity contribution in [3.05, 3.63) is 81.8 Å². The molecule has 2 atom stereocenters. The first-order valence-electron chi connectivity index (χ1n) is 9.76. The molecule has 2 aromatic carbocycles. The van der Waals surface area contributed by atoms with Gasteiger partial charge in [-0.25, -0.2) is 4.98 Å². The minimum Gasteiger partial charge on any atom is -0.755 e. The van der Waals surface area contributed by atoms with Gasteiger partial charge in [0.2, 0.25) is 5.91 Å². The fourth-order valence-corrected chi connectivity index (χ4v) is 4.34. The van der Waals surface area contributed by atoms with Crippen molar-refractivity contribution in [1.29, 1.82) is 0 Å². The molecule has 0 aliphatic heterocycles. The van der Waals surface area contributed by atoms with E-state index in [1.54, 1.807) is 23.5 Å². The Hall–Kier alpha value is -2.55. The molecule has 1 aromatic heterocycles. The minimum absolute atomic E-state index is 0.0165. The summed E-state index contributed by atoms with van der Waals surface area (Å²) in [5.41, 5.74) is 3.62. The monoisotopic (exact) mass is 442 g/mol. The van der Waals surface area contributed by atoms with Gasteiger partial charge in [0.25, 0.3) is 0 Å². The number of hydrogen-bond donors (Lipinski definition) is 2.